The molecule has 1 fully saturated rings. The lowest BCUT2D eigenvalue weighted by molar-refractivity contribution is 0.159. The van der Waals surface area contributed by atoms with Gasteiger partial charge in [-0.1, -0.05) is 6.42 Å². The van der Waals surface area contributed by atoms with E-state index in [1.54, 1.807) is 0 Å². The molecule has 0 aliphatic heterocycles. The van der Waals surface area contributed by atoms with Crippen molar-refractivity contribution in [2.45, 2.75) is 57.0 Å². The maximum atomic E-state index is 14.2. The molecule has 1 unspecified atom stereocenters. The highest BCUT2D eigenvalue weighted by atomic mass is 19.1. The first-order chi connectivity index (χ1) is 6.22. The first kappa shape index (κ1) is 9.17. The average molecular weight is 186 g/mol. The Hall–Kier alpha value is -0.400. The molecule has 0 amide bonds. The number of hydrogen-bond donors (Lipinski definition) is 0. The number of hydrogen-bond acceptors (Lipinski definition) is 0. The highest BCUT2D eigenvalue weighted by Gasteiger charge is 2.39. The molecule has 1 saturated carbocycles. The summed E-state index contributed by atoms with van der Waals surface area (Å²) < 4.78 is 27.6. The van der Waals surface area contributed by atoms with Crippen LogP contribution in [0, 0.1) is 0 Å². The van der Waals surface area contributed by atoms with Crippen molar-refractivity contribution in [3.8, 4) is 0 Å². The Labute approximate surface area is 78.0 Å². The fourth-order valence-corrected chi connectivity index (χ4v) is 2.59. The maximum absolute atomic E-state index is 14.2. The smallest absolute Gasteiger partial charge is 0.134 e. The molecule has 2 aliphatic rings. The van der Waals surface area contributed by atoms with Crippen LogP contribution in [-0.4, -0.2) is 5.67 Å². The van der Waals surface area contributed by atoms with Gasteiger partial charge in [0.25, 0.3) is 0 Å². The lowest BCUT2D eigenvalue weighted by Gasteiger charge is -2.30. The molecule has 2 heteroatoms. The predicted octanol–water partition coefficient (Wildman–Crippen LogP) is 4.07. The van der Waals surface area contributed by atoms with Crippen molar-refractivity contribution >= 4 is 0 Å². The summed E-state index contributed by atoms with van der Waals surface area (Å²) in [4.78, 5) is 0. The van der Waals surface area contributed by atoms with Gasteiger partial charge in [-0.2, -0.15) is 0 Å². The third-order valence-corrected chi connectivity index (χ3v) is 3.34. The number of allylic oxidation sites excluding steroid dienone is 2. The van der Waals surface area contributed by atoms with Gasteiger partial charge in [0, 0.05) is 0 Å². The van der Waals surface area contributed by atoms with Gasteiger partial charge in [0.15, 0.2) is 0 Å². The van der Waals surface area contributed by atoms with Gasteiger partial charge in [-0.3, -0.25) is 0 Å². The maximum Gasteiger partial charge on any atom is 0.134 e. The molecular formula is C11H16F2. The Bertz CT molecular complexity index is 232. The molecule has 0 aromatic rings. The van der Waals surface area contributed by atoms with Gasteiger partial charge in [0.1, 0.15) is 11.5 Å². The van der Waals surface area contributed by atoms with Crippen LogP contribution in [0.1, 0.15) is 51.4 Å². The number of halogens is 2. The topological polar surface area (TPSA) is 0 Å². The summed E-state index contributed by atoms with van der Waals surface area (Å²) in [7, 11) is 0. The van der Waals surface area contributed by atoms with Crippen LogP contribution in [-0.2, 0) is 0 Å². The molecule has 0 aromatic heterocycles. The molecule has 0 aromatic carbocycles. The molecule has 0 spiro atoms. The molecule has 2 aliphatic carbocycles. The predicted molar refractivity (Wildman–Crippen MR) is 48.9 cm³/mol. The van der Waals surface area contributed by atoms with Gasteiger partial charge in [0.2, 0.25) is 0 Å². The molecule has 0 saturated heterocycles. The Morgan fingerprint density at radius 1 is 0.923 bits per heavy atom. The third-order valence-electron chi connectivity index (χ3n) is 3.34. The van der Waals surface area contributed by atoms with E-state index in [1.165, 1.54) is 0 Å². The van der Waals surface area contributed by atoms with Crippen LogP contribution >= 0.6 is 0 Å². The largest absolute Gasteiger partial charge is 0.239 e. The fraction of sp³-hybridized carbons (Fsp3) is 0.818. The summed E-state index contributed by atoms with van der Waals surface area (Å²) in [6, 6.07) is 0. The van der Waals surface area contributed by atoms with Crippen LogP contribution < -0.4 is 0 Å². The van der Waals surface area contributed by atoms with Crippen molar-refractivity contribution in [3.05, 3.63) is 11.4 Å². The van der Waals surface area contributed by atoms with Gasteiger partial charge in [-0.05, 0) is 50.5 Å². The van der Waals surface area contributed by atoms with Crippen LogP contribution in [0.15, 0.2) is 11.4 Å². The number of alkyl halides is 1. The lowest BCUT2D eigenvalue weighted by atomic mass is 9.81. The normalized spacial score (nSPS) is 35.5. The second-order valence-electron chi connectivity index (χ2n) is 4.26. The second-order valence-corrected chi connectivity index (χ2v) is 4.26. The molecule has 1 atom stereocenters. The quantitative estimate of drug-likeness (QED) is 0.535. The minimum absolute atomic E-state index is 0.143. The van der Waals surface area contributed by atoms with E-state index in [-0.39, 0.29) is 5.83 Å². The standard InChI is InChI=1S/C11H16F2/c12-10-6-4-8-11(13)7-3-1-2-5-9(10)11/h1-8H2. The molecule has 2 rings (SSSR count). The van der Waals surface area contributed by atoms with E-state index in [9.17, 15) is 8.78 Å². The zero-order valence-corrected chi connectivity index (χ0v) is 7.91. The second kappa shape index (κ2) is 3.39. The highest BCUT2D eigenvalue weighted by molar-refractivity contribution is 5.24. The van der Waals surface area contributed by atoms with E-state index in [4.69, 9.17) is 0 Å². The summed E-state index contributed by atoms with van der Waals surface area (Å²) in [5.41, 5.74) is -0.755. The zero-order chi connectivity index (χ0) is 9.31. The van der Waals surface area contributed by atoms with Gasteiger partial charge in [0.05, 0.1) is 0 Å². The average Bonchev–Trinajstić information content (AvgIpc) is 2.27. The Balaban J connectivity index is 2.30. The van der Waals surface area contributed by atoms with E-state index >= 15 is 0 Å². The first-order valence-corrected chi connectivity index (χ1v) is 5.29. The van der Waals surface area contributed by atoms with E-state index in [0.29, 0.717) is 37.7 Å². The molecule has 13 heavy (non-hydrogen) atoms. The Morgan fingerprint density at radius 2 is 1.69 bits per heavy atom. The molecule has 74 valence electrons. The van der Waals surface area contributed by atoms with Crippen molar-refractivity contribution in [2.75, 3.05) is 0 Å². The minimum Gasteiger partial charge on any atom is -0.239 e. The Kier molecular flexibility index (Phi) is 2.39. The van der Waals surface area contributed by atoms with Crippen LogP contribution in [0.5, 0.6) is 0 Å². The fourth-order valence-electron chi connectivity index (χ4n) is 2.59. The lowest BCUT2D eigenvalue weighted by Crippen LogP contribution is -2.28. The third kappa shape index (κ3) is 1.63. The van der Waals surface area contributed by atoms with Crippen LogP contribution in [0.2, 0.25) is 0 Å². The summed E-state index contributed by atoms with van der Waals surface area (Å²) in [5, 5.41) is 0. The molecule has 0 bridgehead atoms. The number of fused-ring (bicyclic) bond motifs is 1. The van der Waals surface area contributed by atoms with Gasteiger partial charge in [-0.25, -0.2) is 8.78 Å². The van der Waals surface area contributed by atoms with Gasteiger partial charge >= 0.3 is 0 Å². The van der Waals surface area contributed by atoms with Crippen LogP contribution in [0.4, 0.5) is 8.78 Å². The molecule has 0 N–H and O–H groups in total. The summed E-state index contributed by atoms with van der Waals surface area (Å²) >= 11 is 0. The first-order valence-electron chi connectivity index (χ1n) is 5.29. The van der Waals surface area contributed by atoms with Crippen molar-refractivity contribution < 1.29 is 8.78 Å². The molecular weight excluding hydrogens is 170 g/mol. The monoisotopic (exact) mass is 186 g/mol. The summed E-state index contributed by atoms with van der Waals surface area (Å²) in [6.45, 7) is 0. The van der Waals surface area contributed by atoms with Crippen molar-refractivity contribution in [2.24, 2.45) is 0 Å². The van der Waals surface area contributed by atoms with E-state index in [2.05, 4.69) is 0 Å². The van der Waals surface area contributed by atoms with E-state index in [0.717, 1.165) is 19.3 Å². The van der Waals surface area contributed by atoms with E-state index in [1.807, 2.05) is 0 Å². The van der Waals surface area contributed by atoms with Crippen molar-refractivity contribution in [3.63, 3.8) is 0 Å². The number of rotatable bonds is 0. The molecule has 0 radical (unpaired) electrons. The van der Waals surface area contributed by atoms with Gasteiger partial charge < -0.3 is 0 Å². The van der Waals surface area contributed by atoms with Crippen LogP contribution in [0.25, 0.3) is 0 Å². The Morgan fingerprint density at radius 3 is 2.54 bits per heavy atom. The SMILES string of the molecule is FC1=C2CCCCCC2(F)CCC1. The van der Waals surface area contributed by atoms with E-state index < -0.39 is 5.67 Å². The van der Waals surface area contributed by atoms with Crippen LogP contribution in [0.3, 0.4) is 0 Å². The van der Waals surface area contributed by atoms with Crippen molar-refractivity contribution in [1.82, 2.24) is 0 Å². The minimum atomic E-state index is -1.27. The zero-order valence-electron chi connectivity index (χ0n) is 7.91. The molecule has 0 nitrogen and oxygen atoms in total. The summed E-state index contributed by atoms with van der Waals surface area (Å²) in [5.74, 6) is -0.143. The highest BCUT2D eigenvalue weighted by Crippen LogP contribution is 2.45. The molecule has 0 heterocycles. The van der Waals surface area contributed by atoms with Crippen molar-refractivity contribution in [1.29, 1.82) is 0 Å². The van der Waals surface area contributed by atoms with Gasteiger partial charge in [-0.15, -0.1) is 0 Å². The summed E-state index contributed by atoms with van der Waals surface area (Å²) in [6.07, 6.45) is 5.87.